The van der Waals surface area contributed by atoms with Crippen LogP contribution in [-0.4, -0.2) is 33.4 Å². The number of para-hydroxylation sites is 8. The Kier molecular flexibility index (Phi) is 13.9. The Morgan fingerprint density at radius 1 is 0.265 bits per heavy atom. The molecule has 0 radical (unpaired) electrons. The minimum atomic E-state index is -0.326. The third-order valence-corrected chi connectivity index (χ3v) is 23.1. The quantitative estimate of drug-likeness (QED) is 0.124. The maximum Gasteiger partial charge on any atom is 0.256 e. The van der Waals surface area contributed by atoms with Crippen LogP contribution < -0.4 is 62.2 Å². The van der Waals surface area contributed by atoms with Crippen LogP contribution >= 0.6 is 0 Å². The van der Waals surface area contributed by atoms with Gasteiger partial charge in [0.1, 0.15) is 23.3 Å². The highest BCUT2D eigenvalue weighted by atomic mass is 15.4. The highest BCUT2D eigenvalue weighted by Crippen LogP contribution is 2.53. The molecule has 6 heterocycles. The van der Waals surface area contributed by atoms with Gasteiger partial charge in [-0.2, -0.15) is 19.9 Å². The summed E-state index contributed by atoms with van der Waals surface area (Å²) in [5.41, 5.74) is 24.2. The van der Waals surface area contributed by atoms with Gasteiger partial charge in [0, 0.05) is 79.2 Å². The second-order valence-electron chi connectivity index (χ2n) is 31.1. The summed E-state index contributed by atoms with van der Waals surface area (Å²) < 4.78 is 0. The van der Waals surface area contributed by atoms with E-state index in [9.17, 15) is 0 Å². The van der Waals surface area contributed by atoms with E-state index >= 15 is 0 Å². The van der Waals surface area contributed by atoms with Crippen LogP contribution in [0.3, 0.4) is 0 Å². The molecule has 11 aromatic carbocycles. The predicted octanol–water partition coefficient (Wildman–Crippen LogP) is 19.1. The Bertz CT molecular complexity index is 5140. The number of benzene rings is 11. The molecule has 19 rings (SSSR count). The number of rotatable bonds is 10. The third kappa shape index (κ3) is 9.54. The van der Waals surface area contributed by atoms with Crippen molar-refractivity contribution in [3.8, 4) is 0 Å². The van der Waals surface area contributed by atoms with Crippen molar-refractivity contribution in [2.75, 3.05) is 29.4 Å². The van der Waals surface area contributed by atoms with Crippen LogP contribution in [0.15, 0.2) is 279 Å². The maximum atomic E-state index is 6.14. The number of fused-ring (bicyclic) bond motifs is 10. The van der Waals surface area contributed by atoms with Gasteiger partial charge in [-0.3, -0.25) is 29.4 Å². The molecule has 6 aliphatic rings. The summed E-state index contributed by atoms with van der Waals surface area (Å²) in [6, 6.07) is 102. The van der Waals surface area contributed by atoms with E-state index in [0.29, 0.717) is 11.9 Å². The van der Waals surface area contributed by atoms with Gasteiger partial charge in [0.25, 0.3) is 13.4 Å². The van der Waals surface area contributed by atoms with E-state index in [4.69, 9.17) is 19.9 Å². The van der Waals surface area contributed by atoms with Crippen molar-refractivity contribution < 1.29 is 0 Å². The molecule has 0 spiro atoms. The molecule has 12 heteroatoms. The lowest BCUT2D eigenvalue weighted by Crippen LogP contribution is -2.65. The van der Waals surface area contributed by atoms with E-state index in [1.807, 2.05) is 0 Å². The number of hydrogen-bond donors (Lipinski definition) is 0. The normalized spacial score (nSPS) is 16.3. The van der Waals surface area contributed by atoms with Crippen molar-refractivity contribution in [3.63, 3.8) is 0 Å². The van der Waals surface area contributed by atoms with Gasteiger partial charge < -0.3 is 0 Å². The van der Waals surface area contributed by atoms with Crippen LogP contribution in [0.25, 0.3) is 0 Å². The summed E-state index contributed by atoms with van der Waals surface area (Å²) in [7, 11) is 0. The molecular weight excluding hydrogens is 1240 g/mol. The van der Waals surface area contributed by atoms with Crippen molar-refractivity contribution in [3.05, 3.63) is 301 Å². The largest absolute Gasteiger partial charge is 0.296 e. The molecule has 13 aromatic rings. The van der Waals surface area contributed by atoms with Crippen molar-refractivity contribution in [1.82, 2.24) is 19.9 Å². The van der Waals surface area contributed by atoms with Crippen LogP contribution in [0, 0.1) is 0 Å². The molecule has 0 unspecified atom stereocenters. The lowest BCUT2D eigenvalue weighted by atomic mass is 9.30. The molecule has 0 saturated heterocycles. The van der Waals surface area contributed by atoms with Crippen molar-refractivity contribution in [2.45, 2.75) is 103 Å². The monoisotopic (exact) mass is 1320 g/mol. The van der Waals surface area contributed by atoms with Crippen LogP contribution in [0.2, 0.25) is 0 Å². The average molecular weight is 1320 g/mol. The van der Waals surface area contributed by atoms with Crippen LogP contribution in [0.1, 0.15) is 103 Å². The fourth-order valence-electron chi connectivity index (χ4n) is 17.7. The molecular formula is C90H78B2N10. The molecule has 0 bridgehead atoms. The first-order valence-electron chi connectivity index (χ1n) is 36.2. The molecule has 2 aliphatic carbocycles. The minimum Gasteiger partial charge on any atom is -0.296 e. The fraction of sp³-hybridized carbons (Fsp3) is 0.178. The standard InChI is InChI=1S/C90H78B2N10/c1-87(2)51-53-89(5,6)69-55-65(47-49-67(69)87)97(59-31-15-9-16-32-59)85-93-81-79-83(95-85)101(63-39-23-13-24-40-63)77-58-78-74(57-73(77)91(79)71-43-27-29-45-75(71)99(81)61-35-19-11-20-36-61)92-72-44-28-30-46-76(72)100(62-37-21-12-22-38-62)82-80(92)84(102(78)64-41-25-14-26-42-64)96-86(94-82)98(60-33-17-10-18-34-60)66-48-50-68-70(56-66)90(7,8)54-52-88(68,3)4/h9-50,55-58H,51-54H2,1-8H3. The van der Waals surface area contributed by atoms with Crippen LogP contribution in [0.4, 0.5) is 103 Å². The Morgan fingerprint density at radius 3 is 0.882 bits per heavy atom. The van der Waals surface area contributed by atoms with Gasteiger partial charge in [-0.1, -0.05) is 219 Å². The molecule has 0 fully saturated rings. The topological polar surface area (TPSA) is 71.0 Å². The zero-order valence-electron chi connectivity index (χ0n) is 59.0. The zero-order valence-corrected chi connectivity index (χ0v) is 59.0. The molecule has 0 atom stereocenters. The molecule has 0 amide bonds. The SMILES string of the molecule is CC1(C)CCC(C)(C)c2cc(N(c3ccccc3)c3nc4c5c(n3)N(c3ccccc3)c3cc6c(cc3B5c3ccccc3N4c3ccccc3)B3c4ccccc4N(c4ccccc4)c4nc(N(c5ccccc5)c5ccc7c(c5)C(C)(C)CCC7(C)C)nc(c43)N6c3ccccc3)ccc21. The predicted molar refractivity (Wildman–Crippen MR) is 426 cm³/mol. The molecule has 0 saturated carbocycles. The summed E-state index contributed by atoms with van der Waals surface area (Å²) >= 11 is 0. The number of aromatic nitrogens is 4. The van der Waals surface area contributed by atoms with E-state index in [1.54, 1.807) is 0 Å². The fourth-order valence-corrected chi connectivity index (χ4v) is 17.7. The Hall–Kier alpha value is -11.5. The van der Waals surface area contributed by atoms with Gasteiger partial charge >= 0.3 is 0 Å². The minimum absolute atomic E-state index is 0.0210. The van der Waals surface area contributed by atoms with E-state index in [-0.39, 0.29) is 35.1 Å². The van der Waals surface area contributed by atoms with Crippen LogP contribution in [0.5, 0.6) is 0 Å². The summed E-state index contributed by atoms with van der Waals surface area (Å²) in [6.45, 7) is 18.6. The van der Waals surface area contributed by atoms with Crippen molar-refractivity contribution >= 4 is 150 Å². The molecule has 102 heavy (non-hydrogen) atoms. The number of anilines is 18. The van der Waals surface area contributed by atoms with Gasteiger partial charge in [-0.15, -0.1) is 0 Å². The molecule has 494 valence electrons. The van der Waals surface area contributed by atoms with Crippen molar-refractivity contribution in [2.24, 2.45) is 0 Å². The molecule has 4 aliphatic heterocycles. The second-order valence-corrected chi connectivity index (χ2v) is 31.1. The molecule has 0 N–H and O–H groups in total. The van der Waals surface area contributed by atoms with Gasteiger partial charge in [-0.05, 0) is 207 Å². The Balaban J connectivity index is 0.911. The highest BCUT2D eigenvalue weighted by Gasteiger charge is 2.51. The van der Waals surface area contributed by atoms with E-state index in [2.05, 4.69) is 364 Å². The second kappa shape index (κ2) is 23.0. The van der Waals surface area contributed by atoms with Gasteiger partial charge in [-0.25, -0.2) is 0 Å². The Labute approximate surface area is 599 Å². The Morgan fingerprint density at radius 2 is 0.549 bits per heavy atom. The van der Waals surface area contributed by atoms with E-state index in [0.717, 1.165) is 139 Å². The smallest absolute Gasteiger partial charge is 0.256 e. The third-order valence-electron chi connectivity index (χ3n) is 23.1. The van der Waals surface area contributed by atoms with Crippen molar-refractivity contribution in [1.29, 1.82) is 0 Å². The van der Waals surface area contributed by atoms with Gasteiger partial charge in [0.05, 0.1) is 0 Å². The van der Waals surface area contributed by atoms with E-state index < -0.39 is 0 Å². The van der Waals surface area contributed by atoms with E-state index in [1.165, 1.54) is 33.2 Å². The zero-order chi connectivity index (χ0) is 69.0. The van der Waals surface area contributed by atoms with Gasteiger partial charge in [0.15, 0.2) is 0 Å². The lowest BCUT2D eigenvalue weighted by Gasteiger charge is -2.46. The summed E-state index contributed by atoms with van der Waals surface area (Å²) in [4.78, 5) is 38.6. The van der Waals surface area contributed by atoms with Gasteiger partial charge in [0.2, 0.25) is 11.9 Å². The average Bonchev–Trinajstić information content (AvgIpc) is 0.682. The number of hydrogen-bond acceptors (Lipinski definition) is 10. The number of nitrogens with zero attached hydrogens (tertiary/aromatic N) is 10. The summed E-state index contributed by atoms with van der Waals surface area (Å²) in [5, 5.41) is 0. The maximum absolute atomic E-state index is 6.14. The van der Waals surface area contributed by atoms with Crippen LogP contribution in [-0.2, 0) is 21.7 Å². The first kappa shape index (κ1) is 61.6. The molecule has 10 nitrogen and oxygen atoms in total. The highest BCUT2D eigenvalue weighted by molar-refractivity contribution is 7.03. The first-order valence-corrected chi connectivity index (χ1v) is 36.2. The molecule has 2 aromatic heterocycles. The first-order chi connectivity index (χ1) is 49.6. The lowest BCUT2D eigenvalue weighted by molar-refractivity contribution is 0.332. The summed E-state index contributed by atoms with van der Waals surface area (Å²) in [5.74, 6) is 4.39. The summed E-state index contributed by atoms with van der Waals surface area (Å²) in [6.07, 6.45) is 4.42.